The Labute approximate surface area is 112 Å². The number of benzene rings is 1. The summed E-state index contributed by atoms with van der Waals surface area (Å²) in [5, 5.41) is 3.91. The highest BCUT2D eigenvalue weighted by Gasteiger charge is 2.22. The van der Waals surface area contributed by atoms with Crippen LogP contribution in [0, 0.1) is 0 Å². The van der Waals surface area contributed by atoms with Crippen LogP contribution in [0.2, 0.25) is 5.02 Å². The summed E-state index contributed by atoms with van der Waals surface area (Å²) in [6.45, 7) is 4.53. The van der Waals surface area contributed by atoms with E-state index in [0.29, 0.717) is 10.8 Å². The van der Waals surface area contributed by atoms with Crippen molar-refractivity contribution in [3.05, 3.63) is 29.3 Å². The molecule has 0 spiro atoms. The van der Waals surface area contributed by atoms with Crippen molar-refractivity contribution < 1.29 is 9.53 Å². The van der Waals surface area contributed by atoms with Gasteiger partial charge in [0.1, 0.15) is 5.75 Å². The Bertz CT molecular complexity index is 408. The highest BCUT2D eigenvalue weighted by molar-refractivity contribution is 6.30. The van der Waals surface area contributed by atoms with Gasteiger partial charge >= 0.3 is 0 Å². The van der Waals surface area contributed by atoms with Gasteiger partial charge in [-0.15, -0.1) is 0 Å². The molecule has 1 atom stereocenters. The minimum Gasteiger partial charge on any atom is -0.484 e. The SMILES string of the molecule is CC1CNCCN1C(=O)COc1ccc(Cl)cc1. The summed E-state index contributed by atoms with van der Waals surface area (Å²) in [6.07, 6.45) is 0. The number of nitrogens with zero attached hydrogens (tertiary/aromatic N) is 1. The van der Waals surface area contributed by atoms with Gasteiger partial charge in [0.05, 0.1) is 0 Å². The quantitative estimate of drug-likeness (QED) is 0.904. The molecule has 1 saturated heterocycles. The van der Waals surface area contributed by atoms with Gasteiger partial charge in [0.15, 0.2) is 6.61 Å². The number of rotatable bonds is 3. The van der Waals surface area contributed by atoms with Crippen LogP contribution >= 0.6 is 11.6 Å². The van der Waals surface area contributed by atoms with E-state index in [0.717, 1.165) is 19.6 Å². The highest BCUT2D eigenvalue weighted by atomic mass is 35.5. The number of hydrogen-bond acceptors (Lipinski definition) is 3. The molecule has 1 N–H and O–H groups in total. The summed E-state index contributed by atoms with van der Waals surface area (Å²) in [4.78, 5) is 13.8. The van der Waals surface area contributed by atoms with Crippen molar-refractivity contribution in [3.8, 4) is 5.75 Å². The lowest BCUT2D eigenvalue weighted by atomic mass is 10.2. The van der Waals surface area contributed by atoms with Crippen LogP contribution in [0.1, 0.15) is 6.92 Å². The zero-order chi connectivity index (χ0) is 13.0. The standard InChI is InChI=1S/C13H17ClN2O2/c1-10-8-15-6-7-16(10)13(17)9-18-12-4-2-11(14)3-5-12/h2-5,10,15H,6-9H2,1H3. The predicted octanol–water partition coefficient (Wildman–Crippen LogP) is 1.54. The molecular formula is C13H17ClN2O2. The Hall–Kier alpha value is -1.26. The van der Waals surface area contributed by atoms with Crippen molar-refractivity contribution in [3.63, 3.8) is 0 Å². The number of hydrogen-bond donors (Lipinski definition) is 1. The topological polar surface area (TPSA) is 41.6 Å². The Balaban J connectivity index is 1.85. The van der Waals surface area contributed by atoms with Gasteiger partial charge in [0.2, 0.25) is 0 Å². The smallest absolute Gasteiger partial charge is 0.260 e. The summed E-state index contributed by atoms with van der Waals surface area (Å²) in [6, 6.07) is 7.23. The molecule has 1 heterocycles. The molecule has 1 aliphatic rings. The minimum atomic E-state index is 0.0268. The van der Waals surface area contributed by atoms with E-state index in [-0.39, 0.29) is 18.6 Å². The maximum Gasteiger partial charge on any atom is 0.260 e. The Morgan fingerprint density at radius 3 is 2.89 bits per heavy atom. The number of ether oxygens (including phenoxy) is 1. The molecule has 1 unspecified atom stereocenters. The number of amides is 1. The van der Waals surface area contributed by atoms with E-state index in [1.807, 2.05) is 11.8 Å². The molecule has 1 aliphatic heterocycles. The number of carbonyl (C=O) groups excluding carboxylic acids is 1. The maximum absolute atomic E-state index is 12.0. The molecule has 1 aromatic carbocycles. The molecule has 0 aliphatic carbocycles. The van der Waals surface area contributed by atoms with Gasteiger partial charge in [-0.1, -0.05) is 11.6 Å². The molecule has 98 valence electrons. The van der Waals surface area contributed by atoms with Crippen molar-refractivity contribution in [2.24, 2.45) is 0 Å². The van der Waals surface area contributed by atoms with Crippen LogP contribution in [0.4, 0.5) is 0 Å². The lowest BCUT2D eigenvalue weighted by molar-refractivity contribution is -0.136. The second-order valence-corrected chi connectivity index (χ2v) is 4.82. The first-order valence-corrected chi connectivity index (χ1v) is 6.43. The fourth-order valence-corrected chi connectivity index (χ4v) is 2.10. The first kappa shape index (κ1) is 13.2. The summed E-state index contributed by atoms with van der Waals surface area (Å²) in [5.74, 6) is 0.689. The molecule has 0 bridgehead atoms. The van der Waals surface area contributed by atoms with Gasteiger partial charge in [0, 0.05) is 30.7 Å². The maximum atomic E-state index is 12.0. The third-order valence-corrected chi connectivity index (χ3v) is 3.25. The average Bonchev–Trinajstić information content (AvgIpc) is 2.38. The second-order valence-electron chi connectivity index (χ2n) is 4.38. The average molecular weight is 269 g/mol. The number of halogens is 1. The lowest BCUT2D eigenvalue weighted by Crippen LogP contribution is -2.53. The zero-order valence-electron chi connectivity index (χ0n) is 10.4. The molecule has 5 heteroatoms. The lowest BCUT2D eigenvalue weighted by Gasteiger charge is -2.33. The molecule has 0 saturated carbocycles. The van der Waals surface area contributed by atoms with Crippen molar-refractivity contribution in [1.82, 2.24) is 10.2 Å². The van der Waals surface area contributed by atoms with E-state index >= 15 is 0 Å². The van der Waals surface area contributed by atoms with Crippen molar-refractivity contribution in [1.29, 1.82) is 0 Å². The predicted molar refractivity (Wildman–Crippen MR) is 71.0 cm³/mol. The largest absolute Gasteiger partial charge is 0.484 e. The molecule has 0 aromatic heterocycles. The van der Waals surface area contributed by atoms with E-state index in [1.54, 1.807) is 24.3 Å². The third-order valence-electron chi connectivity index (χ3n) is 3.00. The first-order valence-electron chi connectivity index (χ1n) is 6.05. The Kier molecular flexibility index (Phi) is 4.44. The molecule has 2 rings (SSSR count). The molecule has 0 radical (unpaired) electrons. The van der Waals surface area contributed by atoms with Crippen LogP contribution in [0.5, 0.6) is 5.75 Å². The Morgan fingerprint density at radius 1 is 1.50 bits per heavy atom. The number of piperazine rings is 1. The van der Waals surface area contributed by atoms with Gasteiger partial charge in [-0.05, 0) is 31.2 Å². The summed E-state index contributed by atoms with van der Waals surface area (Å²) in [7, 11) is 0. The van der Waals surface area contributed by atoms with Crippen molar-refractivity contribution in [2.45, 2.75) is 13.0 Å². The van der Waals surface area contributed by atoms with Gasteiger partial charge in [0.25, 0.3) is 5.91 Å². The minimum absolute atomic E-state index is 0.0268. The first-order chi connectivity index (χ1) is 8.66. The van der Waals surface area contributed by atoms with Crippen LogP contribution in [0.15, 0.2) is 24.3 Å². The third kappa shape index (κ3) is 3.37. The van der Waals surface area contributed by atoms with Gasteiger partial charge in [-0.2, -0.15) is 0 Å². The van der Waals surface area contributed by atoms with E-state index in [2.05, 4.69) is 5.32 Å². The summed E-state index contributed by atoms with van der Waals surface area (Å²) in [5.41, 5.74) is 0. The van der Waals surface area contributed by atoms with E-state index in [1.165, 1.54) is 0 Å². The zero-order valence-corrected chi connectivity index (χ0v) is 11.1. The highest BCUT2D eigenvalue weighted by Crippen LogP contribution is 2.15. The van der Waals surface area contributed by atoms with Crippen LogP contribution in [-0.2, 0) is 4.79 Å². The monoisotopic (exact) mass is 268 g/mol. The molecule has 1 aromatic rings. The van der Waals surface area contributed by atoms with Gasteiger partial charge in [-0.3, -0.25) is 4.79 Å². The molecule has 1 amide bonds. The van der Waals surface area contributed by atoms with Gasteiger partial charge < -0.3 is 15.0 Å². The Morgan fingerprint density at radius 2 is 2.22 bits per heavy atom. The van der Waals surface area contributed by atoms with E-state index < -0.39 is 0 Å². The van der Waals surface area contributed by atoms with Crippen LogP contribution in [0.3, 0.4) is 0 Å². The molecule has 1 fully saturated rings. The molecule has 4 nitrogen and oxygen atoms in total. The van der Waals surface area contributed by atoms with E-state index in [4.69, 9.17) is 16.3 Å². The number of nitrogens with one attached hydrogen (secondary N) is 1. The van der Waals surface area contributed by atoms with Gasteiger partial charge in [-0.25, -0.2) is 0 Å². The van der Waals surface area contributed by atoms with Crippen LogP contribution in [0.25, 0.3) is 0 Å². The summed E-state index contributed by atoms with van der Waals surface area (Å²) >= 11 is 5.78. The normalized spacial score (nSPS) is 19.7. The second kappa shape index (κ2) is 6.07. The number of carbonyl (C=O) groups is 1. The van der Waals surface area contributed by atoms with Crippen LogP contribution in [-0.4, -0.2) is 43.1 Å². The molecule has 18 heavy (non-hydrogen) atoms. The van der Waals surface area contributed by atoms with Crippen LogP contribution < -0.4 is 10.1 Å². The summed E-state index contributed by atoms with van der Waals surface area (Å²) < 4.78 is 5.45. The van der Waals surface area contributed by atoms with E-state index in [9.17, 15) is 4.79 Å². The van der Waals surface area contributed by atoms with Crippen molar-refractivity contribution >= 4 is 17.5 Å². The van der Waals surface area contributed by atoms with Crippen molar-refractivity contribution in [2.75, 3.05) is 26.2 Å². The fourth-order valence-electron chi connectivity index (χ4n) is 1.97. The molecular weight excluding hydrogens is 252 g/mol. The fraction of sp³-hybridized carbons (Fsp3) is 0.462.